The Morgan fingerprint density at radius 2 is 1.93 bits per heavy atom. The number of hydrogen-bond donors (Lipinski definition) is 1. The molecule has 3 atom stereocenters. The van der Waals surface area contributed by atoms with E-state index in [9.17, 15) is 8.42 Å². The first kappa shape index (κ1) is 13.0. The molecule has 0 aromatic heterocycles. The van der Waals surface area contributed by atoms with E-state index in [1.807, 2.05) is 0 Å². The first-order valence-corrected chi connectivity index (χ1v) is 7.67. The summed E-state index contributed by atoms with van der Waals surface area (Å²) in [6, 6.07) is 0.522. The van der Waals surface area contributed by atoms with Gasteiger partial charge in [-0.15, -0.1) is 0 Å². The summed E-state index contributed by atoms with van der Waals surface area (Å²) in [5, 5.41) is 3.31. The van der Waals surface area contributed by atoms with Crippen LogP contribution in [0.25, 0.3) is 0 Å². The van der Waals surface area contributed by atoms with E-state index >= 15 is 0 Å². The van der Waals surface area contributed by atoms with E-state index in [1.165, 1.54) is 0 Å². The fraction of sp³-hybridized carbons (Fsp3) is 1.00. The zero-order valence-electron chi connectivity index (χ0n) is 9.99. The maximum absolute atomic E-state index is 11.8. The third kappa shape index (κ3) is 3.18. The highest BCUT2D eigenvalue weighted by molar-refractivity contribution is 7.92. The van der Waals surface area contributed by atoms with Crippen molar-refractivity contribution < 1.29 is 8.42 Å². The molecule has 1 saturated carbocycles. The molecule has 0 amide bonds. The first-order chi connectivity index (χ1) is 7.01. The van der Waals surface area contributed by atoms with Crippen LogP contribution in [-0.4, -0.2) is 32.0 Å². The molecule has 1 rings (SSSR count). The molecule has 0 aromatic carbocycles. The number of nitrogens with one attached hydrogen (secondary N) is 1. The predicted octanol–water partition coefficient (Wildman–Crippen LogP) is 1.59. The third-order valence-electron chi connectivity index (χ3n) is 3.45. The molecule has 4 heteroatoms. The average molecular weight is 233 g/mol. The van der Waals surface area contributed by atoms with Crippen molar-refractivity contribution >= 4 is 9.84 Å². The second-order valence-electron chi connectivity index (χ2n) is 4.53. The molecule has 0 aromatic rings. The minimum atomic E-state index is -2.84. The fourth-order valence-electron chi connectivity index (χ4n) is 2.59. The van der Waals surface area contributed by atoms with Crippen molar-refractivity contribution in [2.45, 2.75) is 51.3 Å². The molecule has 1 N–H and O–H groups in total. The van der Waals surface area contributed by atoms with Crippen LogP contribution < -0.4 is 5.32 Å². The van der Waals surface area contributed by atoms with Crippen LogP contribution in [-0.2, 0) is 9.84 Å². The molecule has 1 aliphatic rings. The normalized spacial score (nSPS) is 32.9. The summed E-state index contributed by atoms with van der Waals surface area (Å²) < 4.78 is 23.6. The average Bonchev–Trinajstić information content (AvgIpc) is 2.18. The Morgan fingerprint density at radius 1 is 1.27 bits per heavy atom. The van der Waals surface area contributed by atoms with Gasteiger partial charge in [0.2, 0.25) is 0 Å². The van der Waals surface area contributed by atoms with Gasteiger partial charge in [0.1, 0.15) is 0 Å². The van der Waals surface area contributed by atoms with E-state index in [2.05, 4.69) is 19.2 Å². The lowest BCUT2D eigenvalue weighted by molar-refractivity contribution is 0.306. The lowest BCUT2D eigenvalue weighted by Crippen LogP contribution is -2.42. The van der Waals surface area contributed by atoms with E-state index in [1.54, 1.807) is 6.92 Å². The van der Waals surface area contributed by atoms with Gasteiger partial charge in [-0.3, -0.25) is 0 Å². The zero-order chi connectivity index (χ0) is 11.5. The molecule has 0 radical (unpaired) electrons. The van der Waals surface area contributed by atoms with Crippen molar-refractivity contribution in [2.75, 3.05) is 12.3 Å². The minimum Gasteiger partial charge on any atom is -0.314 e. The van der Waals surface area contributed by atoms with Gasteiger partial charge in [-0.1, -0.05) is 20.8 Å². The second kappa shape index (κ2) is 5.30. The molecular formula is C11H23NO2S. The molecule has 3 nitrogen and oxygen atoms in total. The lowest BCUT2D eigenvalue weighted by atomic mass is 9.86. The van der Waals surface area contributed by atoms with Crippen LogP contribution in [0.5, 0.6) is 0 Å². The Kier molecular flexibility index (Phi) is 4.59. The van der Waals surface area contributed by atoms with E-state index in [0.29, 0.717) is 12.0 Å². The van der Waals surface area contributed by atoms with Crippen molar-refractivity contribution in [3.8, 4) is 0 Å². The summed E-state index contributed by atoms with van der Waals surface area (Å²) in [6.07, 6.45) is 2.83. The van der Waals surface area contributed by atoms with Crippen LogP contribution in [0, 0.1) is 5.92 Å². The Morgan fingerprint density at radius 3 is 2.40 bits per heavy atom. The molecule has 1 aliphatic carbocycles. The van der Waals surface area contributed by atoms with Gasteiger partial charge in [0.05, 0.1) is 5.25 Å². The van der Waals surface area contributed by atoms with Gasteiger partial charge in [-0.05, 0) is 31.7 Å². The van der Waals surface area contributed by atoms with Crippen LogP contribution in [0.15, 0.2) is 0 Å². The van der Waals surface area contributed by atoms with Crippen molar-refractivity contribution in [2.24, 2.45) is 5.92 Å². The maximum Gasteiger partial charge on any atom is 0.153 e. The molecule has 15 heavy (non-hydrogen) atoms. The largest absolute Gasteiger partial charge is 0.314 e. The topological polar surface area (TPSA) is 46.2 Å². The van der Waals surface area contributed by atoms with Gasteiger partial charge in [0.25, 0.3) is 0 Å². The highest BCUT2D eigenvalue weighted by Crippen LogP contribution is 2.29. The van der Waals surface area contributed by atoms with Crippen molar-refractivity contribution in [1.29, 1.82) is 0 Å². The first-order valence-electron chi connectivity index (χ1n) is 5.96. The quantitative estimate of drug-likeness (QED) is 0.802. The second-order valence-corrected chi connectivity index (χ2v) is 7.04. The Balaban J connectivity index is 2.60. The number of rotatable bonds is 4. The summed E-state index contributed by atoms with van der Waals surface area (Å²) >= 11 is 0. The van der Waals surface area contributed by atoms with Crippen LogP contribution in [0.3, 0.4) is 0 Å². The highest BCUT2D eigenvalue weighted by Gasteiger charge is 2.34. The molecule has 0 aliphatic heterocycles. The molecule has 1 fully saturated rings. The lowest BCUT2D eigenvalue weighted by Gasteiger charge is -2.33. The van der Waals surface area contributed by atoms with Gasteiger partial charge < -0.3 is 5.32 Å². The standard InChI is InChI=1S/C11H23NO2S/c1-4-12-10-6-7-11(9(3)8-10)15(13,14)5-2/h9-12H,4-8H2,1-3H3. The van der Waals surface area contributed by atoms with Crippen LogP contribution >= 0.6 is 0 Å². The van der Waals surface area contributed by atoms with Crippen LogP contribution in [0.1, 0.15) is 40.0 Å². The molecular weight excluding hydrogens is 210 g/mol. The van der Waals surface area contributed by atoms with Gasteiger partial charge in [0.15, 0.2) is 9.84 Å². The predicted molar refractivity (Wildman–Crippen MR) is 63.7 cm³/mol. The van der Waals surface area contributed by atoms with E-state index < -0.39 is 9.84 Å². The minimum absolute atomic E-state index is 0.0996. The van der Waals surface area contributed by atoms with Gasteiger partial charge in [-0.25, -0.2) is 8.42 Å². The van der Waals surface area contributed by atoms with Gasteiger partial charge >= 0.3 is 0 Å². The van der Waals surface area contributed by atoms with Crippen molar-refractivity contribution in [3.05, 3.63) is 0 Å². The van der Waals surface area contributed by atoms with Gasteiger partial charge in [-0.2, -0.15) is 0 Å². The van der Waals surface area contributed by atoms with E-state index in [4.69, 9.17) is 0 Å². The van der Waals surface area contributed by atoms with Gasteiger partial charge in [0, 0.05) is 11.8 Å². The SMILES string of the molecule is CCNC1CCC(S(=O)(=O)CC)C(C)C1. The molecule has 3 unspecified atom stereocenters. The molecule has 90 valence electrons. The smallest absolute Gasteiger partial charge is 0.153 e. The van der Waals surface area contributed by atoms with Crippen LogP contribution in [0.2, 0.25) is 0 Å². The van der Waals surface area contributed by atoms with Crippen molar-refractivity contribution in [1.82, 2.24) is 5.32 Å². The Labute approximate surface area is 93.6 Å². The third-order valence-corrected chi connectivity index (χ3v) is 5.87. The number of hydrogen-bond acceptors (Lipinski definition) is 3. The fourth-order valence-corrected chi connectivity index (χ4v) is 4.33. The summed E-state index contributed by atoms with van der Waals surface area (Å²) in [7, 11) is -2.84. The van der Waals surface area contributed by atoms with E-state index in [0.717, 1.165) is 25.8 Å². The Hall–Kier alpha value is -0.0900. The molecule has 0 bridgehead atoms. The monoisotopic (exact) mass is 233 g/mol. The Bertz CT molecular complexity index is 287. The zero-order valence-corrected chi connectivity index (χ0v) is 10.8. The summed E-state index contributed by atoms with van der Waals surface area (Å²) in [5.41, 5.74) is 0. The highest BCUT2D eigenvalue weighted by atomic mass is 32.2. The van der Waals surface area contributed by atoms with E-state index in [-0.39, 0.29) is 11.0 Å². The summed E-state index contributed by atoms with van der Waals surface area (Å²) in [4.78, 5) is 0. The molecule has 0 spiro atoms. The maximum atomic E-state index is 11.8. The molecule has 0 saturated heterocycles. The number of sulfone groups is 1. The molecule has 0 heterocycles. The summed E-state index contributed by atoms with van der Waals surface area (Å²) in [5.74, 6) is 0.584. The summed E-state index contributed by atoms with van der Waals surface area (Å²) in [6.45, 7) is 6.89. The van der Waals surface area contributed by atoms with Crippen LogP contribution in [0.4, 0.5) is 0 Å². The van der Waals surface area contributed by atoms with Crippen molar-refractivity contribution in [3.63, 3.8) is 0 Å².